The summed E-state index contributed by atoms with van der Waals surface area (Å²) in [6.45, 7) is 1.66. The van der Waals surface area contributed by atoms with Crippen molar-refractivity contribution in [3.8, 4) is 0 Å². The Morgan fingerprint density at radius 2 is 1.52 bits per heavy atom. The van der Waals surface area contributed by atoms with Crippen LogP contribution in [0.1, 0.15) is 40.7 Å². The molecule has 2 aromatic carbocycles. The molecule has 0 spiro atoms. The number of nitrogens with one attached hydrogen (secondary N) is 1. The van der Waals surface area contributed by atoms with E-state index in [2.05, 4.69) is 5.32 Å². The second kappa shape index (κ2) is 9.41. The van der Waals surface area contributed by atoms with E-state index in [1.807, 2.05) is 43.3 Å². The predicted molar refractivity (Wildman–Crippen MR) is 116 cm³/mol. The lowest BCUT2D eigenvalue weighted by atomic mass is 10.1. The highest BCUT2D eigenvalue weighted by atomic mass is 32.2. The van der Waals surface area contributed by atoms with Crippen molar-refractivity contribution >= 4 is 21.6 Å². The molecule has 156 valence electrons. The van der Waals surface area contributed by atoms with Gasteiger partial charge in [-0.3, -0.25) is 4.79 Å². The highest BCUT2D eigenvalue weighted by Crippen LogP contribution is 2.18. The Labute approximate surface area is 173 Å². The SMILES string of the molecule is CN(C)c1ccc(CNC(=O)c2ccc(CS(=O)(=O)N3CCCCC3)cc2)cc1. The summed E-state index contributed by atoms with van der Waals surface area (Å²) in [7, 11) is 0.673. The Morgan fingerprint density at radius 3 is 2.10 bits per heavy atom. The fraction of sp³-hybridized carbons (Fsp3) is 0.409. The zero-order chi connectivity index (χ0) is 20.9. The zero-order valence-electron chi connectivity index (χ0n) is 17.1. The highest BCUT2D eigenvalue weighted by molar-refractivity contribution is 7.88. The first kappa shape index (κ1) is 21.3. The van der Waals surface area contributed by atoms with Crippen LogP contribution in [-0.4, -0.2) is 45.8 Å². The van der Waals surface area contributed by atoms with Crippen molar-refractivity contribution in [3.05, 3.63) is 65.2 Å². The first-order valence-corrected chi connectivity index (χ1v) is 11.6. The average molecular weight is 416 g/mol. The van der Waals surface area contributed by atoms with E-state index in [0.717, 1.165) is 30.5 Å². The van der Waals surface area contributed by atoms with Gasteiger partial charge in [0, 0.05) is 45.0 Å². The summed E-state index contributed by atoms with van der Waals surface area (Å²) in [5.41, 5.74) is 3.35. The quantitative estimate of drug-likeness (QED) is 0.755. The number of nitrogens with zero attached hydrogens (tertiary/aromatic N) is 2. The highest BCUT2D eigenvalue weighted by Gasteiger charge is 2.24. The number of piperidine rings is 1. The van der Waals surface area contributed by atoms with Gasteiger partial charge < -0.3 is 10.2 Å². The van der Waals surface area contributed by atoms with Crippen LogP contribution in [0.3, 0.4) is 0 Å². The maximum atomic E-state index is 12.5. The Hall–Kier alpha value is -2.38. The number of carbonyl (C=O) groups is 1. The summed E-state index contributed by atoms with van der Waals surface area (Å²) < 4.78 is 26.7. The lowest BCUT2D eigenvalue weighted by Gasteiger charge is -2.25. The van der Waals surface area contributed by atoms with Crippen molar-refractivity contribution < 1.29 is 13.2 Å². The van der Waals surface area contributed by atoms with Crippen LogP contribution in [-0.2, 0) is 22.3 Å². The summed E-state index contributed by atoms with van der Waals surface area (Å²) in [6, 6.07) is 14.8. The second-order valence-corrected chi connectivity index (χ2v) is 9.63. The first-order chi connectivity index (χ1) is 13.8. The van der Waals surface area contributed by atoms with Crippen molar-refractivity contribution in [1.29, 1.82) is 0 Å². The molecule has 1 aliphatic heterocycles. The molecule has 0 bridgehead atoms. The maximum Gasteiger partial charge on any atom is 0.251 e. The van der Waals surface area contributed by atoms with Crippen molar-refractivity contribution in [2.45, 2.75) is 31.6 Å². The van der Waals surface area contributed by atoms with E-state index in [1.54, 1.807) is 28.6 Å². The van der Waals surface area contributed by atoms with Gasteiger partial charge in [-0.05, 0) is 48.2 Å². The lowest BCUT2D eigenvalue weighted by molar-refractivity contribution is 0.0951. The van der Waals surface area contributed by atoms with Gasteiger partial charge in [0.2, 0.25) is 10.0 Å². The molecule has 0 aliphatic carbocycles. The van der Waals surface area contributed by atoms with Crippen LogP contribution in [0.5, 0.6) is 0 Å². The molecule has 1 aliphatic rings. The molecule has 3 rings (SSSR count). The molecule has 2 aromatic rings. The molecule has 6 nitrogen and oxygen atoms in total. The maximum absolute atomic E-state index is 12.5. The number of carbonyl (C=O) groups excluding carboxylic acids is 1. The van der Waals surface area contributed by atoms with E-state index in [4.69, 9.17) is 0 Å². The standard InChI is InChI=1S/C22H29N3O3S/c1-24(2)21-12-8-18(9-13-21)16-23-22(26)20-10-6-19(7-11-20)17-29(27,28)25-14-4-3-5-15-25/h6-13H,3-5,14-17H2,1-2H3,(H,23,26). The number of benzene rings is 2. The zero-order valence-corrected chi connectivity index (χ0v) is 17.9. The minimum atomic E-state index is -3.30. The molecule has 0 radical (unpaired) electrons. The number of hydrogen-bond acceptors (Lipinski definition) is 4. The van der Waals surface area contributed by atoms with Crippen LogP contribution in [0, 0.1) is 0 Å². The molecular formula is C22H29N3O3S. The summed E-state index contributed by atoms with van der Waals surface area (Å²) in [6.07, 6.45) is 2.95. The van der Waals surface area contributed by atoms with Gasteiger partial charge in [-0.25, -0.2) is 12.7 Å². The van der Waals surface area contributed by atoms with Crippen molar-refractivity contribution in [1.82, 2.24) is 9.62 Å². The third kappa shape index (κ3) is 5.81. The molecule has 29 heavy (non-hydrogen) atoms. The molecular weight excluding hydrogens is 386 g/mol. The molecule has 1 fully saturated rings. The van der Waals surface area contributed by atoms with Gasteiger partial charge in [0.15, 0.2) is 0 Å². The van der Waals surface area contributed by atoms with Gasteiger partial charge in [-0.2, -0.15) is 0 Å². The molecule has 1 heterocycles. The number of anilines is 1. The van der Waals surface area contributed by atoms with E-state index >= 15 is 0 Å². The Bertz CT molecular complexity index is 917. The number of sulfonamides is 1. The smallest absolute Gasteiger partial charge is 0.251 e. The molecule has 1 N–H and O–H groups in total. The van der Waals surface area contributed by atoms with Gasteiger partial charge in [-0.15, -0.1) is 0 Å². The summed E-state index contributed by atoms with van der Waals surface area (Å²) in [5, 5.41) is 2.90. The van der Waals surface area contributed by atoms with Gasteiger partial charge >= 0.3 is 0 Å². The largest absolute Gasteiger partial charge is 0.378 e. The number of hydrogen-bond donors (Lipinski definition) is 1. The van der Waals surface area contributed by atoms with Crippen LogP contribution < -0.4 is 10.2 Å². The molecule has 0 aromatic heterocycles. The van der Waals surface area contributed by atoms with E-state index in [-0.39, 0.29) is 11.7 Å². The van der Waals surface area contributed by atoms with Crippen LogP contribution in [0.25, 0.3) is 0 Å². The fourth-order valence-electron chi connectivity index (χ4n) is 3.39. The minimum Gasteiger partial charge on any atom is -0.378 e. The fourth-order valence-corrected chi connectivity index (χ4v) is 5.00. The number of amides is 1. The predicted octanol–water partition coefficient (Wildman–Crippen LogP) is 3.00. The summed E-state index contributed by atoms with van der Waals surface area (Å²) >= 11 is 0. The molecule has 7 heteroatoms. The van der Waals surface area contributed by atoms with Gasteiger partial charge in [0.05, 0.1) is 5.75 Å². The van der Waals surface area contributed by atoms with Gasteiger partial charge in [-0.1, -0.05) is 30.7 Å². The van der Waals surface area contributed by atoms with Gasteiger partial charge in [0.1, 0.15) is 0 Å². The van der Waals surface area contributed by atoms with E-state index in [9.17, 15) is 13.2 Å². The number of rotatable bonds is 7. The van der Waals surface area contributed by atoms with E-state index in [1.165, 1.54) is 0 Å². The van der Waals surface area contributed by atoms with E-state index < -0.39 is 10.0 Å². The van der Waals surface area contributed by atoms with E-state index in [0.29, 0.717) is 30.8 Å². The van der Waals surface area contributed by atoms with Gasteiger partial charge in [0.25, 0.3) is 5.91 Å². The Balaban J connectivity index is 1.55. The minimum absolute atomic E-state index is 0.0207. The normalized spacial score (nSPS) is 15.1. The van der Waals surface area contributed by atoms with Crippen LogP contribution in [0.4, 0.5) is 5.69 Å². The third-order valence-corrected chi connectivity index (χ3v) is 7.03. The van der Waals surface area contributed by atoms with Crippen molar-refractivity contribution in [2.75, 3.05) is 32.1 Å². The lowest BCUT2D eigenvalue weighted by Crippen LogP contribution is -2.36. The van der Waals surface area contributed by atoms with Crippen molar-refractivity contribution in [2.24, 2.45) is 0 Å². The Morgan fingerprint density at radius 1 is 0.931 bits per heavy atom. The van der Waals surface area contributed by atoms with Crippen LogP contribution >= 0.6 is 0 Å². The summed E-state index contributed by atoms with van der Waals surface area (Å²) in [5.74, 6) is -0.195. The first-order valence-electron chi connectivity index (χ1n) is 9.96. The molecule has 0 unspecified atom stereocenters. The third-order valence-electron chi connectivity index (χ3n) is 5.18. The van der Waals surface area contributed by atoms with Crippen LogP contribution in [0.2, 0.25) is 0 Å². The molecule has 1 amide bonds. The topological polar surface area (TPSA) is 69.7 Å². The molecule has 0 saturated carbocycles. The van der Waals surface area contributed by atoms with Crippen LogP contribution in [0.15, 0.2) is 48.5 Å². The summed E-state index contributed by atoms with van der Waals surface area (Å²) in [4.78, 5) is 14.4. The monoisotopic (exact) mass is 415 g/mol. The molecule has 1 saturated heterocycles. The molecule has 0 atom stereocenters. The second-order valence-electron chi connectivity index (χ2n) is 7.66. The Kier molecular flexibility index (Phi) is 6.92. The average Bonchev–Trinajstić information content (AvgIpc) is 2.73. The van der Waals surface area contributed by atoms with Crippen molar-refractivity contribution in [3.63, 3.8) is 0 Å².